The number of hydrogen-bond acceptors (Lipinski definition) is 4. The zero-order valence-corrected chi connectivity index (χ0v) is 14.6. The Hall–Kier alpha value is -3.22. The van der Waals surface area contributed by atoms with Gasteiger partial charge in [0.1, 0.15) is 0 Å². The third-order valence-electron chi connectivity index (χ3n) is 4.62. The molecular weight excluding hydrogens is 334 g/mol. The van der Waals surface area contributed by atoms with Gasteiger partial charge in [0.25, 0.3) is 5.69 Å². The van der Waals surface area contributed by atoms with Gasteiger partial charge < -0.3 is 10.2 Å². The highest BCUT2D eigenvalue weighted by Gasteiger charge is 2.35. The number of nitrogens with one attached hydrogen (secondary N) is 1. The van der Waals surface area contributed by atoms with E-state index in [4.69, 9.17) is 0 Å². The van der Waals surface area contributed by atoms with Crippen molar-refractivity contribution in [2.75, 3.05) is 16.8 Å². The van der Waals surface area contributed by atoms with Gasteiger partial charge in [-0.15, -0.1) is 0 Å². The summed E-state index contributed by atoms with van der Waals surface area (Å²) in [5.41, 5.74) is 3.25. The maximum Gasteiger partial charge on any atom is 0.271 e. The van der Waals surface area contributed by atoms with Crippen molar-refractivity contribution in [1.29, 1.82) is 0 Å². The third kappa shape index (κ3) is 3.56. The summed E-state index contributed by atoms with van der Waals surface area (Å²) in [4.78, 5) is 36.6. The van der Waals surface area contributed by atoms with Crippen LogP contribution in [0.3, 0.4) is 0 Å². The van der Waals surface area contributed by atoms with Crippen molar-refractivity contribution in [3.8, 4) is 0 Å². The highest BCUT2D eigenvalue weighted by molar-refractivity contribution is 6.03. The molecule has 1 N–H and O–H groups in total. The number of nitro groups is 1. The lowest BCUT2D eigenvalue weighted by molar-refractivity contribution is -0.384. The van der Waals surface area contributed by atoms with E-state index in [1.165, 1.54) is 23.1 Å². The van der Waals surface area contributed by atoms with Crippen molar-refractivity contribution in [1.82, 2.24) is 0 Å². The largest absolute Gasteiger partial charge is 0.326 e. The quantitative estimate of drug-likeness (QED) is 0.675. The van der Waals surface area contributed by atoms with Gasteiger partial charge >= 0.3 is 0 Å². The van der Waals surface area contributed by atoms with E-state index in [0.717, 1.165) is 11.1 Å². The van der Waals surface area contributed by atoms with Crippen LogP contribution in [0.2, 0.25) is 0 Å². The lowest BCUT2D eigenvalue weighted by Crippen LogP contribution is -2.28. The van der Waals surface area contributed by atoms with Crippen molar-refractivity contribution in [2.24, 2.45) is 5.92 Å². The van der Waals surface area contributed by atoms with Gasteiger partial charge in [-0.25, -0.2) is 0 Å². The standard InChI is InChI=1S/C19H19N3O4/c1-12-6-7-15(8-13(12)2)20-19(24)14-9-18(23)21(11-14)16-4-3-5-17(10-16)22(25)26/h3-8,10,14H,9,11H2,1-2H3,(H,20,24). The number of nitrogens with zero attached hydrogens (tertiary/aromatic N) is 2. The van der Waals surface area contributed by atoms with Crippen molar-refractivity contribution < 1.29 is 14.5 Å². The number of carbonyl (C=O) groups is 2. The SMILES string of the molecule is Cc1ccc(NC(=O)C2CC(=O)N(c3cccc([N+](=O)[O-])c3)C2)cc1C. The summed E-state index contributed by atoms with van der Waals surface area (Å²) in [6.45, 7) is 4.16. The van der Waals surface area contributed by atoms with E-state index in [9.17, 15) is 19.7 Å². The van der Waals surface area contributed by atoms with E-state index in [-0.39, 0.29) is 30.5 Å². The molecular formula is C19H19N3O4. The average molecular weight is 353 g/mol. The zero-order valence-electron chi connectivity index (χ0n) is 14.6. The first-order valence-electron chi connectivity index (χ1n) is 8.28. The van der Waals surface area contributed by atoms with E-state index >= 15 is 0 Å². The lowest BCUT2D eigenvalue weighted by Gasteiger charge is -2.16. The minimum absolute atomic E-state index is 0.0827. The molecule has 1 aliphatic heterocycles. The van der Waals surface area contributed by atoms with Gasteiger partial charge in [0.05, 0.1) is 16.5 Å². The Morgan fingerprint density at radius 3 is 2.65 bits per heavy atom. The second-order valence-electron chi connectivity index (χ2n) is 6.47. The number of aryl methyl sites for hydroxylation is 2. The summed E-state index contributed by atoms with van der Waals surface area (Å²) in [7, 11) is 0. The maximum absolute atomic E-state index is 12.5. The number of carbonyl (C=O) groups excluding carboxylic acids is 2. The van der Waals surface area contributed by atoms with Gasteiger partial charge in [-0.1, -0.05) is 12.1 Å². The Balaban J connectivity index is 1.72. The molecule has 2 amide bonds. The minimum Gasteiger partial charge on any atom is -0.326 e. The number of benzene rings is 2. The molecule has 0 aliphatic carbocycles. The Bertz CT molecular complexity index is 894. The molecule has 7 heteroatoms. The Kier molecular flexibility index (Phi) is 4.71. The van der Waals surface area contributed by atoms with Gasteiger partial charge in [0, 0.05) is 30.8 Å². The fourth-order valence-corrected chi connectivity index (χ4v) is 2.97. The first-order valence-corrected chi connectivity index (χ1v) is 8.28. The second kappa shape index (κ2) is 6.95. The first-order chi connectivity index (χ1) is 12.3. The molecule has 2 aromatic rings. The number of non-ortho nitro benzene ring substituents is 1. The molecule has 1 atom stereocenters. The van der Waals surface area contributed by atoms with E-state index in [0.29, 0.717) is 11.4 Å². The van der Waals surface area contributed by atoms with Crippen molar-refractivity contribution in [3.63, 3.8) is 0 Å². The zero-order chi connectivity index (χ0) is 18.8. The molecule has 0 saturated carbocycles. The topological polar surface area (TPSA) is 92.6 Å². The summed E-state index contributed by atoms with van der Waals surface area (Å²) >= 11 is 0. The number of amides is 2. The summed E-state index contributed by atoms with van der Waals surface area (Å²) < 4.78 is 0. The van der Waals surface area contributed by atoms with Gasteiger partial charge in [0.2, 0.25) is 11.8 Å². The number of anilines is 2. The number of nitro benzene ring substituents is 1. The minimum atomic E-state index is -0.506. The summed E-state index contributed by atoms with van der Waals surface area (Å²) in [5, 5.41) is 13.8. The summed E-state index contributed by atoms with van der Waals surface area (Å²) in [6.07, 6.45) is 0.0827. The highest BCUT2D eigenvalue weighted by Crippen LogP contribution is 2.28. The van der Waals surface area contributed by atoms with Gasteiger partial charge in [-0.3, -0.25) is 19.7 Å². The molecule has 0 aromatic heterocycles. The van der Waals surface area contributed by atoms with Crippen LogP contribution in [0.1, 0.15) is 17.5 Å². The monoisotopic (exact) mass is 353 g/mol. The predicted molar refractivity (Wildman–Crippen MR) is 98.1 cm³/mol. The van der Waals surface area contributed by atoms with Crippen LogP contribution in [0.4, 0.5) is 17.1 Å². The number of hydrogen-bond donors (Lipinski definition) is 1. The summed E-state index contributed by atoms with van der Waals surface area (Å²) in [5.74, 6) is -0.941. The van der Waals surface area contributed by atoms with Crippen LogP contribution in [0.25, 0.3) is 0 Å². The molecule has 1 heterocycles. The fourth-order valence-electron chi connectivity index (χ4n) is 2.97. The Morgan fingerprint density at radius 2 is 1.96 bits per heavy atom. The molecule has 7 nitrogen and oxygen atoms in total. The van der Waals surface area contributed by atoms with Crippen LogP contribution in [-0.2, 0) is 9.59 Å². The van der Waals surface area contributed by atoms with Crippen LogP contribution in [0.15, 0.2) is 42.5 Å². The van der Waals surface area contributed by atoms with Crippen LogP contribution in [-0.4, -0.2) is 23.3 Å². The first kappa shape index (κ1) is 17.6. The molecule has 0 bridgehead atoms. The molecule has 1 unspecified atom stereocenters. The molecule has 1 aliphatic rings. The lowest BCUT2D eigenvalue weighted by atomic mass is 10.1. The van der Waals surface area contributed by atoms with Gasteiger partial charge in [-0.05, 0) is 43.2 Å². The molecule has 1 saturated heterocycles. The van der Waals surface area contributed by atoms with Crippen molar-refractivity contribution >= 4 is 28.9 Å². The summed E-state index contributed by atoms with van der Waals surface area (Å²) in [6, 6.07) is 11.5. The molecule has 2 aromatic carbocycles. The van der Waals surface area contributed by atoms with E-state index in [1.807, 2.05) is 32.0 Å². The van der Waals surface area contributed by atoms with E-state index in [2.05, 4.69) is 5.32 Å². The van der Waals surface area contributed by atoms with Crippen molar-refractivity contribution in [2.45, 2.75) is 20.3 Å². The maximum atomic E-state index is 12.5. The normalized spacial score (nSPS) is 16.6. The Labute approximate surface area is 150 Å². The van der Waals surface area contributed by atoms with Crippen LogP contribution in [0, 0.1) is 29.9 Å². The molecule has 1 fully saturated rings. The van der Waals surface area contributed by atoms with Crippen LogP contribution < -0.4 is 10.2 Å². The smallest absolute Gasteiger partial charge is 0.271 e. The van der Waals surface area contributed by atoms with Crippen LogP contribution in [0.5, 0.6) is 0 Å². The molecule has 3 rings (SSSR count). The van der Waals surface area contributed by atoms with Crippen molar-refractivity contribution in [3.05, 3.63) is 63.7 Å². The van der Waals surface area contributed by atoms with Crippen LogP contribution >= 0.6 is 0 Å². The molecule has 0 spiro atoms. The predicted octanol–water partition coefficient (Wildman–Crippen LogP) is 3.20. The molecule has 134 valence electrons. The van der Waals surface area contributed by atoms with E-state index in [1.54, 1.807) is 6.07 Å². The molecule has 0 radical (unpaired) electrons. The van der Waals surface area contributed by atoms with Gasteiger partial charge in [0.15, 0.2) is 0 Å². The highest BCUT2D eigenvalue weighted by atomic mass is 16.6. The van der Waals surface area contributed by atoms with E-state index < -0.39 is 10.8 Å². The Morgan fingerprint density at radius 1 is 1.19 bits per heavy atom. The molecule has 26 heavy (non-hydrogen) atoms. The third-order valence-corrected chi connectivity index (χ3v) is 4.62. The van der Waals surface area contributed by atoms with Gasteiger partial charge in [-0.2, -0.15) is 0 Å². The number of rotatable bonds is 4. The second-order valence-corrected chi connectivity index (χ2v) is 6.47. The average Bonchev–Trinajstić information content (AvgIpc) is 3.00. The fraction of sp³-hybridized carbons (Fsp3) is 0.263.